The number of esters is 1. The molecule has 0 aliphatic rings. The first-order valence-electron chi connectivity index (χ1n) is 9.80. The Bertz CT molecular complexity index is 1260. The number of furan rings is 1. The maximum absolute atomic E-state index is 13.0. The van der Waals surface area contributed by atoms with Crippen molar-refractivity contribution in [2.45, 2.75) is 43.6 Å². The Hall–Kier alpha value is -3.07. The quantitative estimate of drug-likeness (QED) is 0.240. The van der Waals surface area contributed by atoms with Gasteiger partial charge in [0.25, 0.3) is 5.56 Å². The minimum Gasteiger partial charge on any atom is -0.463 e. The molecule has 156 valence electrons. The molecule has 30 heavy (non-hydrogen) atoms. The SMILES string of the molecule is CCCCCn1c(=O)c2ccccc2n2c(SCc3ccc(C(=O)OC)o3)nnc12. The number of thioether (sulfide) groups is 1. The average Bonchev–Trinajstić information content (AvgIpc) is 3.41. The summed E-state index contributed by atoms with van der Waals surface area (Å²) in [5, 5.41) is 9.94. The first kappa shape index (κ1) is 20.2. The molecule has 8 nitrogen and oxygen atoms in total. The zero-order valence-electron chi connectivity index (χ0n) is 16.8. The van der Waals surface area contributed by atoms with Gasteiger partial charge in [-0.25, -0.2) is 4.79 Å². The second-order valence-corrected chi connectivity index (χ2v) is 7.79. The van der Waals surface area contributed by atoms with Gasteiger partial charge >= 0.3 is 5.97 Å². The Balaban J connectivity index is 1.71. The molecule has 3 heterocycles. The lowest BCUT2D eigenvalue weighted by molar-refractivity contribution is 0.0563. The lowest BCUT2D eigenvalue weighted by Crippen LogP contribution is -2.23. The Kier molecular flexibility index (Phi) is 5.89. The van der Waals surface area contributed by atoms with Gasteiger partial charge in [-0.2, -0.15) is 0 Å². The van der Waals surface area contributed by atoms with Gasteiger partial charge in [0.15, 0.2) is 5.16 Å². The van der Waals surface area contributed by atoms with Gasteiger partial charge in [-0.1, -0.05) is 43.7 Å². The molecule has 0 radical (unpaired) electrons. The summed E-state index contributed by atoms with van der Waals surface area (Å²) in [4.78, 5) is 24.6. The number of methoxy groups -OCH3 is 1. The summed E-state index contributed by atoms with van der Waals surface area (Å²) in [5.41, 5.74) is 0.721. The third-order valence-corrected chi connectivity index (χ3v) is 5.81. The van der Waals surface area contributed by atoms with Gasteiger partial charge in [0.2, 0.25) is 11.5 Å². The molecule has 4 rings (SSSR count). The number of benzene rings is 1. The van der Waals surface area contributed by atoms with Crippen LogP contribution in [-0.4, -0.2) is 32.2 Å². The van der Waals surface area contributed by atoms with E-state index in [9.17, 15) is 9.59 Å². The number of para-hydroxylation sites is 1. The van der Waals surface area contributed by atoms with Crippen molar-refractivity contribution in [2.24, 2.45) is 0 Å². The monoisotopic (exact) mass is 426 g/mol. The average molecular weight is 426 g/mol. The summed E-state index contributed by atoms with van der Waals surface area (Å²) in [5.74, 6) is 1.27. The molecule has 0 fully saturated rings. The van der Waals surface area contributed by atoms with E-state index in [2.05, 4.69) is 21.9 Å². The molecular weight excluding hydrogens is 404 g/mol. The number of aryl methyl sites for hydroxylation is 1. The van der Waals surface area contributed by atoms with Crippen molar-refractivity contribution in [1.29, 1.82) is 0 Å². The summed E-state index contributed by atoms with van der Waals surface area (Å²) < 4.78 is 13.8. The molecule has 0 aliphatic heterocycles. The van der Waals surface area contributed by atoms with E-state index < -0.39 is 5.97 Å². The smallest absolute Gasteiger partial charge is 0.373 e. The standard InChI is InChI=1S/C21H22N4O4S/c1-3-4-7-12-24-18(26)15-8-5-6-9-16(15)25-20(24)22-23-21(25)30-13-14-10-11-17(29-14)19(27)28-2/h5-6,8-11H,3-4,7,12-13H2,1-2H3. The Morgan fingerprint density at radius 3 is 2.80 bits per heavy atom. The largest absolute Gasteiger partial charge is 0.463 e. The van der Waals surface area contributed by atoms with Crippen molar-refractivity contribution in [3.63, 3.8) is 0 Å². The predicted octanol–water partition coefficient (Wildman–Crippen LogP) is 3.91. The van der Waals surface area contributed by atoms with Gasteiger partial charge in [0.1, 0.15) is 5.76 Å². The van der Waals surface area contributed by atoms with Crippen LogP contribution >= 0.6 is 11.8 Å². The van der Waals surface area contributed by atoms with Crippen molar-refractivity contribution in [3.8, 4) is 0 Å². The van der Waals surface area contributed by atoms with Crippen molar-refractivity contribution in [3.05, 3.63) is 58.3 Å². The number of unbranched alkanes of at least 4 members (excludes halogenated alkanes) is 2. The zero-order chi connectivity index (χ0) is 21.1. The van der Waals surface area contributed by atoms with Crippen molar-refractivity contribution in [1.82, 2.24) is 19.2 Å². The molecule has 0 atom stereocenters. The second kappa shape index (κ2) is 8.74. The first-order chi connectivity index (χ1) is 14.6. The fourth-order valence-corrected chi connectivity index (χ4v) is 4.18. The number of aromatic nitrogens is 4. The fourth-order valence-electron chi connectivity index (χ4n) is 3.35. The molecule has 4 aromatic rings. The van der Waals surface area contributed by atoms with Crippen LogP contribution in [0.2, 0.25) is 0 Å². The Morgan fingerprint density at radius 2 is 2.00 bits per heavy atom. The van der Waals surface area contributed by atoms with E-state index in [-0.39, 0.29) is 11.3 Å². The van der Waals surface area contributed by atoms with Crippen LogP contribution in [0.5, 0.6) is 0 Å². The van der Waals surface area contributed by atoms with Crippen molar-refractivity contribution >= 4 is 34.4 Å². The number of hydrogen-bond donors (Lipinski definition) is 0. The molecule has 3 aromatic heterocycles. The van der Waals surface area contributed by atoms with Gasteiger partial charge < -0.3 is 9.15 Å². The molecule has 0 aliphatic carbocycles. The normalized spacial score (nSPS) is 11.4. The summed E-state index contributed by atoms with van der Waals surface area (Å²) in [7, 11) is 1.31. The molecule has 0 bridgehead atoms. The van der Waals surface area contributed by atoms with E-state index in [0.717, 1.165) is 24.8 Å². The molecule has 0 amide bonds. The minimum atomic E-state index is -0.513. The van der Waals surface area contributed by atoms with Crippen molar-refractivity contribution < 1.29 is 13.9 Å². The van der Waals surface area contributed by atoms with Crippen LogP contribution in [0.25, 0.3) is 16.7 Å². The molecule has 9 heteroatoms. The molecule has 0 unspecified atom stereocenters. The van der Waals surface area contributed by atoms with Crippen LogP contribution in [0.4, 0.5) is 0 Å². The highest BCUT2D eigenvalue weighted by Crippen LogP contribution is 2.25. The molecule has 0 N–H and O–H groups in total. The van der Waals surface area contributed by atoms with E-state index in [0.29, 0.717) is 34.4 Å². The molecule has 1 aromatic carbocycles. The first-order valence-corrected chi connectivity index (χ1v) is 10.8. The third-order valence-electron chi connectivity index (χ3n) is 4.86. The van der Waals surface area contributed by atoms with Crippen LogP contribution in [-0.2, 0) is 17.0 Å². The van der Waals surface area contributed by atoms with Gasteiger partial charge in [-0.05, 0) is 30.7 Å². The highest BCUT2D eigenvalue weighted by atomic mass is 32.2. The number of ether oxygens (including phenoxy) is 1. The van der Waals surface area contributed by atoms with Crippen LogP contribution in [0.15, 0.2) is 50.8 Å². The maximum atomic E-state index is 13.0. The molecule has 0 saturated carbocycles. The van der Waals surface area contributed by atoms with Gasteiger partial charge in [0.05, 0.1) is 23.8 Å². The van der Waals surface area contributed by atoms with E-state index in [1.54, 1.807) is 16.7 Å². The highest BCUT2D eigenvalue weighted by Gasteiger charge is 2.17. The van der Waals surface area contributed by atoms with Crippen LogP contribution in [0, 0.1) is 0 Å². The van der Waals surface area contributed by atoms with Crippen LogP contribution < -0.4 is 5.56 Å². The highest BCUT2D eigenvalue weighted by molar-refractivity contribution is 7.98. The third kappa shape index (κ3) is 3.72. The minimum absolute atomic E-state index is 0.0492. The van der Waals surface area contributed by atoms with Gasteiger partial charge in [-0.15, -0.1) is 10.2 Å². The zero-order valence-corrected chi connectivity index (χ0v) is 17.6. The van der Waals surface area contributed by atoms with Gasteiger partial charge in [0, 0.05) is 6.54 Å². The van der Waals surface area contributed by atoms with Crippen LogP contribution in [0.3, 0.4) is 0 Å². The predicted molar refractivity (Wildman–Crippen MR) is 114 cm³/mol. The molecular formula is C21H22N4O4S. The number of rotatable bonds is 8. The molecule has 0 spiro atoms. The number of carbonyl (C=O) groups is 1. The second-order valence-electron chi connectivity index (χ2n) is 6.85. The van der Waals surface area contributed by atoms with Crippen molar-refractivity contribution in [2.75, 3.05) is 7.11 Å². The summed E-state index contributed by atoms with van der Waals surface area (Å²) >= 11 is 1.43. The lowest BCUT2D eigenvalue weighted by atomic mass is 10.2. The number of nitrogens with zero attached hydrogens (tertiary/aromatic N) is 4. The summed E-state index contributed by atoms with van der Waals surface area (Å²) in [6.07, 6.45) is 3.02. The van der Waals surface area contributed by atoms with Crippen LogP contribution in [0.1, 0.15) is 42.5 Å². The topological polar surface area (TPSA) is 91.6 Å². The summed E-state index contributed by atoms with van der Waals surface area (Å²) in [6.45, 7) is 2.73. The maximum Gasteiger partial charge on any atom is 0.373 e. The van der Waals surface area contributed by atoms with Gasteiger partial charge in [-0.3, -0.25) is 13.8 Å². The van der Waals surface area contributed by atoms with E-state index in [1.165, 1.54) is 18.9 Å². The Morgan fingerprint density at radius 1 is 1.17 bits per heavy atom. The fraction of sp³-hybridized carbons (Fsp3) is 0.333. The number of carbonyl (C=O) groups excluding carboxylic acids is 1. The Labute approximate surface area is 176 Å². The summed E-state index contributed by atoms with van der Waals surface area (Å²) in [6, 6.07) is 10.8. The number of hydrogen-bond acceptors (Lipinski definition) is 7. The number of fused-ring (bicyclic) bond motifs is 3. The van der Waals surface area contributed by atoms with E-state index in [1.807, 2.05) is 28.7 Å². The molecule has 0 saturated heterocycles. The lowest BCUT2D eigenvalue weighted by Gasteiger charge is -2.11. The van der Waals surface area contributed by atoms with E-state index in [4.69, 9.17) is 4.42 Å². The van der Waals surface area contributed by atoms with E-state index >= 15 is 0 Å².